The predicted molar refractivity (Wildman–Crippen MR) is 80.3 cm³/mol. The first-order valence-electron chi connectivity index (χ1n) is 8.37. The van der Waals surface area contributed by atoms with Gasteiger partial charge in [0.15, 0.2) is 0 Å². The van der Waals surface area contributed by atoms with Gasteiger partial charge in [0.25, 0.3) is 0 Å². The second kappa shape index (κ2) is 7.99. The number of esters is 1. The zero-order valence-corrected chi connectivity index (χ0v) is 12.9. The lowest BCUT2D eigenvalue weighted by atomic mass is 9.89. The van der Waals surface area contributed by atoms with Crippen molar-refractivity contribution in [1.29, 1.82) is 0 Å². The Morgan fingerprint density at radius 2 is 2.00 bits per heavy atom. The molecule has 4 heteroatoms. The van der Waals surface area contributed by atoms with E-state index in [0.717, 1.165) is 32.5 Å². The lowest BCUT2D eigenvalue weighted by molar-refractivity contribution is -0.150. The summed E-state index contributed by atoms with van der Waals surface area (Å²) in [5, 5.41) is 0. The third-order valence-corrected chi connectivity index (χ3v) is 4.96. The van der Waals surface area contributed by atoms with E-state index in [-0.39, 0.29) is 11.9 Å². The van der Waals surface area contributed by atoms with E-state index in [0.29, 0.717) is 18.6 Å². The van der Waals surface area contributed by atoms with Gasteiger partial charge in [-0.2, -0.15) is 0 Å². The van der Waals surface area contributed by atoms with Gasteiger partial charge in [0, 0.05) is 12.6 Å². The second-order valence-electron chi connectivity index (χ2n) is 6.29. The van der Waals surface area contributed by atoms with Crippen LogP contribution in [0.25, 0.3) is 0 Å². The van der Waals surface area contributed by atoms with Crippen LogP contribution in [0.3, 0.4) is 0 Å². The Morgan fingerprint density at radius 1 is 1.20 bits per heavy atom. The van der Waals surface area contributed by atoms with Crippen LogP contribution >= 0.6 is 0 Å². The van der Waals surface area contributed by atoms with E-state index in [9.17, 15) is 4.79 Å². The highest BCUT2D eigenvalue weighted by atomic mass is 16.5. The molecule has 2 rings (SSSR count). The first-order valence-corrected chi connectivity index (χ1v) is 8.37. The summed E-state index contributed by atoms with van der Waals surface area (Å²) in [6, 6.07) is 0.583. The molecule has 1 aliphatic carbocycles. The zero-order chi connectivity index (χ0) is 14.4. The van der Waals surface area contributed by atoms with E-state index in [1.807, 2.05) is 6.92 Å². The van der Waals surface area contributed by atoms with Crippen molar-refractivity contribution in [2.24, 2.45) is 17.6 Å². The largest absolute Gasteiger partial charge is 0.466 e. The van der Waals surface area contributed by atoms with Crippen LogP contribution in [0.5, 0.6) is 0 Å². The maximum absolute atomic E-state index is 12.0. The Kier molecular flexibility index (Phi) is 6.30. The standard InChI is InChI=1S/C16H30N2O2/c1-2-20-16(19)14-8-6-10-18(12-14)15-9-5-3-4-7-13(15)11-17/h13-15H,2-12,17H2,1H3. The molecule has 0 aromatic rings. The fourth-order valence-corrected chi connectivity index (χ4v) is 3.88. The number of likely N-dealkylation sites (tertiary alicyclic amines) is 1. The number of ether oxygens (including phenoxy) is 1. The number of nitrogens with zero attached hydrogens (tertiary/aromatic N) is 1. The summed E-state index contributed by atoms with van der Waals surface area (Å²) in [6.45, 7) is 5.15. The minimum Gasteiger partial charge on any atom is -0.466 e. The molecule has 0 aromatic carbocycles. The summed E-state index contributed by atoms with van der Waals surface area (Å²) < 4.78 is 5.20. The average molecular weight is 282 g/mol. The number of hydrogen-bond donors (Lipinski definition) is 1. The lowest BCUT2D eigenvalue weighted by Gasteiger charge is -2.40. The van der Waals surface area contributed by atoms with Crippen LogP contribution in [-0.4, -0.2) is 43.2 Å². The maximum Gasteiger partial charge on any atom is 0.310 e. The quantitative estimate of drug-likeness (QED) is 0.634. The van der Waals surface area contributed by atoms with Gasteiger partial charge in [-0.25, -0.2) is 0 Å². The zero-order valence-electron chi connectivity index (χ0n) is 12.9. The highest BCUT2D eigenvalue weighted by molar-refractivity contribution is 5.72. The minimum atomic E-state index is -0.00452. The molecule has 2 fully saturated rings. The molecule has 0 bridgehead atoms. The van der Waals surface area contributed by atoms with Crippen molar-refractivity contribution in [3.05, 3.63) is 0 Å². The van der Waals surface area contributed by atoms with Gasteiger partial charge >= 0.3 is 5.97 Å². The van der Waals surface area contributed by atoms with Crippen molar-refractivity contribution in [3.8, 4) is 0 Å². The van der Waals surface area contributed by atoms with Crippen LogP contribution in [-0.2, 0) is 9.53 Å². The van der Waals surface area contributed by atoms with Crippen molar-refractivity contribution in [1.82, 2.24) is 4.90 Å². The summed E-state index contributed by atoms with van der Waals surface area (Å²) in [4.78, 5) is 14.5. The maximum atomic E-state index is 12.0. The van der Waals surface area contributed by atoms with Gasteiger partial charge in [0.1, 0.15) is 0 Å². The fraction of sp³-hybridized carbons (Fsp3) is 0.938. The van der Waals surface area contributed by atoms with E-state index in [2.05, 4.69) is 4.90 Å². The molecular weight excluding hydrogens is 252 g/mol. The van der Waals surface area contributed by atoms with Gasteiger partial charge in [-0.1, -0.05) is 19.3 Å². The SMILES string of the molecule is CCOC(=O)C1CCCN(C2CCCCCC2CN)C1. The molecule has 20 heavy (non-hydrogen) atoms. The number of nitrogens with two attached hydrogens (primary N) is 1. The van der Waals surface area contributed by atoms with Gasteiger partial charge in [-0.05, 0) is 51.6 Å². The number of rotatable bonds is 4. The lowest BCUT2D eigenvalue weighted by Crippen LogP contribution is -2.49. The Hall–Kier alpha value is -0.610. The van der Waals surface area contributed by atoms with Crippen LogP contribution < -0.4 is 5.73 Å². The van der Waals surface area contributed by atoms with Crippen LogP contribution in [0.2, 0.25) is 0 Å². The highest BCUT2D eigenvalue weighted by Gasteiger charge is 2.34. The van der Waals surface area contributed by atoms with Gasteiger partial charge in [-0.15, -0.1) is 0 Å². The monoisotopic (exact) mass is 282 g/mol. The van der Waals surface area contributed by atoms with Crippen LogP contribution in [0.15, 0.2) is 0 Å². The van der Waals surface area contributed by atoms with Crippen molar-refractivity contribution >= 4 is 5.97 Å². The number of piperidine rings is 1. The molecule has 3 atom stereocenters. The van der Waals surface area contributed by atoms with E-state index in [1.54, 1.807) is 0 Å². The summed E-state index contributed by atoms with van der Waals surface area (Å²) in [7, 11) is 0. The topological polar surface area (TPSA) is 55.6 Å². The summed E-state index contributed by atoms with van der Waals surface area (Å²) in [5.74, 6) is 0.680. The Bertz CT molecular complexity index is 309. The summed E-state index contributed by atoms with van der Waals surface area (Å²) in [6.07, 6.45) is 8.54. The van der Waals surface area contributed by atoms with E-state index < -0.39 is 0 Å². The molecule has 0 radical (unpaired) electrons. The number of carbonyl (C=O) groups is 1. The second-order valence-corrected chi connectivity index (χ2v) is 6.29. The average Bonchev–Trinajstić information content (AvgIpc) is 2.72. The molecule has 4 nitrogen and oxygen atoms in total. The van der Waals surface area contributed by atoms with Crippen LogP contribution in [0, 0.1) is 11.8 Å². The van der Waals surface area contributed by atoms with E-state index in [4.69, 9.17) is 10.5 Å². The Labute approximate surface area is 123 Å². The molecule has 2 aliphatic rings. The van der Waals surface area contributed by atoms with Crippen molar-refractivity contribution in [3.63, 3.8) is 0 Å². The molecule has 3 unspecified atom stereocenters. The molecule has 1 saturated heterocycles. The van der Waals surface area contributed by atoms with Crippen molar-refractivity contribution in [2.75, 3.05) is 26.2 Å². The third-order valence-electron chi connectivity index (χ3n) is 4.96. The van der Waals surface area contributed by atoms with Gasteiger partial charge in [-0.3, -0.25) is 9.69 Å². The van der Waals surface area contributed by atoms with Gasteiger partial charge < -0.3 is 10.5 Å². The molecular formula is C16H30N2O2. The predicted octanol–water partition coefficient (Wildman–Crippen LogP) is 2.17. The Morgan fingerprint density at radius 3 is 2.75 bits per heavy atom. The molecule has 1 saturated carbocycles. The fourth-order valence-electron chi connectivity index (χ4n) is 3.88. The van der Waals surface area contributed by atoms with Gasteiger partial charge in [0.05, 0.1) is 12.5 Å². The molecule has 2 N–H and O–H groups in total. The minimum absolute atomic E-state index is 0.00452. The summed E-state index contributed by atoms with van der Waals surface area (Å²) >= 11 is 0. The van der Waals surface area contributed by atoms with Crippen molar-refractivity contribution in [2.45, 2.75) is 57.9 Å². The number of hydrogen-bond acceptors (Lipinski definition) is 4. The molecule has 116 valence electrons. The van der Waals surface area contributed by atoms with E-state index in [1.165, 1.54) is 32.1 Å². The Balaban J connectivity index is 1.97. The van der Waals surface area contributed by atoms with Crippen LogP contribution in [0.4, 0.5) is 0 Å². The first kappa shape index (κ1) is 15.8. The van der Waals surface area contributed by atoms with Crippen LogP contribution in [0.1, 0.15) is 51.9 Å². The van der Waals surface area contributed by atoms with Crippen molar-refractivity contribution < 1.29 is 9.53 Å². The van der Waals surface area contributed by atoms with E-state index >= 15 is 0 Å². The first-order chi connectivity index (χ1) is 9.76. The highest BCUT2D eigenvalue weighted by Crippen LogP contribution is 2.30. The third kappa shape index (κ3) is 3.95. The molecule has 0 aromatic heterocycles. The number of carbonyl (C=O) groups excluding carboxylic acids is 1. The summed E-state index contributed by atoms with van der Waals surface area (Å²) in [5.41, 5.74) is 5.99. The molecule has 1 aliphatic heterocycles. The molecule has 0 spiro atoms. The molecule has 0 amide bonds. The van der Waals surface area contributed by atoms with Gasteiger partial charge in [0.2, 0.25) is 0 Å². The molecule has 1 heterocycles. The smallest absolute Gasteiger partial charge is 0.310 e. The normalized spacial score (nSPS) is 32.6.